The summed E-state index contributed by atoms with van der Waals surface area (Å²) in [6.45, 7) is 8.09. The Morgan fingerprint density at radius 1 is 1.03 bits per heavy atom. The molecule has 3 aromatic rings. The van der Waals surface area contributed by atoms with Crippen LogP contribution in [0.3, 0.4) is 0 Å². The third-order valence-electron chi connectivity index (χ3n) is 5.97. The first-order valence-corrected chi connectivity index (χ1v) is 10.9. The summed E-state index contributed by atoms with van der Waals surface area (Å²) in [6.07, 6.45) is 0.525. The van der Waals surface area contributed by atoms with E-state index < -0.39 is 6.10 Å². The molecule has 0 aromatic heterocycles. The van der Waals surface area contributed by atoms with Gasteiger partial charge in [-0.3, -0.25) is 4.90 Å². The van der Waals surface area contributed by atoms with Gasteiger partial charge in [-0.25, -0.2) is 0 Å². The number of rotatable bonds is 8. The number of aliphatic hydroxyl groups is 1. The van der Waals surface area contributed by atoms with Crippen LogP contribution in [0.5, 0.6) is 5.75 Å². The molecule has 0 fully saturated rings. The van der Waals surface area contributed by atoms with E-state index in [1.165, 1.54) is 16.7 Å². The second kappa shape index (κ2) is 9.61. The Hall–Kier alpha value is -2.40. The van der Waals surface area contributed by atoms with E-state index in [9.17, 15) is 5.11 Å². The highest BCUT2D eigenvalue weighted by Crippen LogP contribution is 2.25. The molecule has 0 radical (unpaired) electrons. The van der Waals surface area contributed by atoms with E-state index in [0.29, 0.717) is 12.6 Å². The topological polar surface area (TPSA) is 44.7 Å². The van der Waals surface area contributed by atoms with Crippen LogP contribution in [0.25, 0.3) is 10.8 Å². The molecule has 1 aliphatic rings. The SMILES string of the molecule is CC(C)N(Cc1cccc2c1CCNC2)CC(O)COc1cccc2ccccc12. The summed E-state index contributed by atoms with van der Waals surface area (Å²) >= 11 is 0. The van der Waals surface area contributed by atoms with Crippen molar-refractivity contribution in [2.45, 2.75) is 45.5 Å². The molecule has 0 saturated heterocycles. The molecule has 4 heteroatoms. The minimum absolute atomic E-state index is 0.286. The maximum absolute atomic E-state index is 10.7. The van der Waals surface area contributed by atoms with E-state index in [4.69, 9.17) is 4.74 Å². The van der Waals surface area contributed by atoms with Gasteiger partial charge in [0.05, 0.1) is 0 Å². The van der Waals surface area contributed by atoms with Crippen LogP contribution >= 0.6 is 0 Å². The molecule has 30 heavy (non-hydrogen) atoms. The summed E-state index contributed by atoms with van der Waals surface area (Å²) in [4.78, 5) is 2.34. The number of nitrogens with one attached hydrogen (secondary N) is 1. The van der Waals surface area contributed by atoms with E-state index in [1.807, 2.05) is 24.3 Å². The van der Waals surface area contributed by atoms with Gasteiger partial charge in [-0.2, -0.15) is 0 Å². The van der Waals surface area contributed by atoms with E-state index in [-0.39, 0.29) is 6.61 Å². The second-order valence-electron chi connectivity index (χ2n) is 8.45. The van der Waals surface area contributed by atoms with Gasteiger partial charge in [-0.1, -0.05) is 54.6 Å². The normalized spacial score (nSPS) is 14.8. The number of hydrogen-bond donors (Lipinski definition) is 2. The lowest BCUT2D eigenvalue weighted by Crippen LogP contribution is -2.39. The third-order valence-corrected chi connectivity index (χ3v) is 5.97. The molecule has 1 atom stereocenters. The largest absolute Gasteiger partial charge is 0.490 e. The lowest BCUT2D eigenvalue weighted by atomic mass is 9.95. The predicted octanol–water partition coefficient (Wildman–Crippen LogP) is 4.14. The van der Waals surface area contributed by atoms with Crippen LogP contribution < -0.4 is 10.1 Å². The summed E-state index contributed by atoms with van der Waals surface area (Å²) in [5.41, 5.74) is 4.26. The van der Waals surface area contributed by atoms with Crippen molar-refractivity contribution in [2.75, 3.05) is 19.7 Å². The fraction of sp³-hybridized carbons (Fsp3) is 0.385. The van der Waals surface area contributed by atoms with Crippen LogP contribution in [0.2, 0.25) is 0 Å². The highest BCUT2D eigenvalue weighted by molar-refractivity contribution is 5.88. The van der Waals surface area contributed by atoms with Crippen molar-refractivity contribution in [2.24, 2.45) is 0 Å². The first-order valence-electron chi connectivity index (χ1n) is 10.9. The minimum atomic E-state index is -0.549. The Balaban J connectivity index is 1.41. The maximum Gasteiger partial charge on any atom is 0.127 e. The molecule has 4 nitrogen and oxygen atoms in total. The summed E-state index contributed by atoms with van der Waals surface area (Å²) in [5.74, 6) is 0.827. The molecule has 0 spiro atoms. The number of aliphatic hydroxyl groups excluding tert-OH is 1. The zero-order chi connectivity index (χ0) is 20.9. The van der Waals surface area contributed by atoms with Crippen LogP contribution in [0.1, 0.15) is 30.5 Å². The number of fused-ring (bicyclic) bond motifs is 2. The van der Waals surface area contributed by atoms with Crippen molar-refractivity contribution >= 4 is 10.8 Å². The van der Waals surface area contributed by atoms with Crippen LogP contribution in [0.15, 0.2) is 60.7 Å². The quantitative estimate of drug-likeness (QED) is 0.592. The van der Waals surface area contributed by atoms with Crippen molar-refractivity contribution in [3.8, 4) is 5.75 Å². The molecule has 0 aliphatic carbocycles. The fourth-order valence-electron chi connectivity index (χ4n) is 4.27. The van der Waals surface area contributed by atoms with Crippen LogP contribution in [-0.4, -0.2) is 41.8 Å². The Morgan fingerprint density at radius 3 is 2.70 bits per heavy atom. The Bertz CT molecular complexity index is 980. The van der Waals surface area contributed by atoms with Crippen LogP contribution in [0, 0.1) is 0 Å². The molecule has 1 aliphatic heterocycles. The molecule has 0 amide bonds. The van der Waals surface area contributed by atoms with Crippen molar-refractivity contribution in [3.63, 3.8) is 0 Å². The lowest BCUT2D eigenvalue weighted by molar-refractivity contribution is 0.0546. The third kappa shape index (κ3) is 4.84. The zero-order valence-corrected chi connectivity index (χ0v) is 18.0. The van der Waals surface area contributed by atoms with Gasteiger partial charge in [0.15, 0.2) is 0 Å². The van der Waals surface area contributed by atoms with Crippen molar-refractivity contribution < 1.29 is 9.84 Å². The minimum Gasteiger partial charge on any atom is -0.490 e. The van der Waals surface area contributed by atoms with E-state index in [1.54, 1.807) is 0 Å². The second-order valence-corrected chi connectivity index (χ2v) is 8.45. The number of hydrogen-bond acceptors (Lipinski definition) is 4. The number of benzene rings is 3. The highest BCUT2D eigenvalue weighted by Gasteiger charge is 2.19. The van der Waals surface area contributed by atoms with Gasteiger partial charge >= 0.3 is 0 Å². The maximum atomic E-state index is 10.7. The average molecular weight is 405 g/mol. The first-order chi connectivity index (χ1) is 14.6. The molecular formula is C26H32N2O2. The summed E-state index contributed by atoms with van der Waals surface area (Å²) < 4.78 is 6.02. The van der Waals surface area contributed by atoms with Gasteiger partial charge in [0.1, 0.15) is 18.5 Å². The monoisotopic (exact) mass is 404 g/mol. The number of ether oxygens (including phenoxy) is 1. The summed E-state index contributed by atoms with van der Waals surface area (Å²) in [5, 5.41) is 16.4. The molecule has 158 valence electrons. The van der Waals surface area contributed by atoms with E-state index in [2.05, 4.69) is 60.5 Å². The lowest BCUT2D eigenvalue weighted by Gasteiger charge is -2.31. The Kier molecular flexibility index (Phi) is 6.68. The molecule has 0 bridgehead atoms. The summed E-state index contributed by atoms with van der Waals surface area (Å²) in [7, 11) is 0. The average Bonchev–Trinajstić information content (AvgIpc) is 2.77. The molecule has 4 rings (SSSR count). The van der Waals surface area contributed by atoms with Crippen molar-refractivity contribution in [1.29, 1.82) is 0 Å². The summed E-state index contributed by atoms with van der Waals surface area (Å²) in [6, 6.07) is 21.2. The Morgan fingerprint density at radius 2 is 1.83 bits per heavy atom. The smallest absolute Gasteiger partial charge is 0.127 e. The molecule has 1 unspecified atom stereocenters. The zero-order valence-electron chi connectivity index (χ0n) is 18.0. The molecule has 1 heterocycles. The first kappa shape index (κ1) is 20.9. The standard InChI is InChI=1S/C26H32N2O2/c1-19(2)28(16-22-10-5-9-21-15-27-14-13-24(21)22)17-23(29)18-30-26-12-6-8-20-7-3-4-11-25(20)26/h3-12,19,23,27,29H,13-18H2,1-2H3. The van der Waals surface area contributed by atoms with Crippen molar-refractivity contribution in [1.82, 2.24) is 10.2 Å². The predicted molar refractivity (Wildman–Crippen MR) is 123 cm³/mol. The van der Waals surface area contributed by atoms with Gasteiger partial charge < -0.3 is 15.2 Å². The van der Waals surface area contributed by atoms with Gasteiger partial charge in [-0.05, 0) is 55.0 Å². The molecule has 2 N–H and O–H groups in total. The fourth-order valence-corrected chi connectivity index (χ4v) is 4.27. The van der Waals surface area contributed by atoms with Gasteiger partial charge in [0.25, 0.3) is 0 Å². The van der Waals surface area contributed by atoms with E-state index >= 15 is 0 Å². The van der Waals surface area contributed by atoms with Crippen molar-refractivity contribution in [3.05, 3.63) is 77.4 Å². The van der Waals surface area contributed by atoms with Gasteiger partial charge in [0, 0.05) is 31.1 Å². The van der Waals surface area contributed by atoms with Crippen LogP contribution in [-0.2, 0) is 19.5 Å². The van der Waals surface area contributed by atoms with Gasteiger partial charge in [0.2, 0.25) is 0 Å². The molecule has 3 aromatic carbocycles. The van der Waals surface area contributed by atoms with Crippen LogP contribution in [0.4, 0.5) is 0 Å². The van der Waals surface area contributed by atoms with E-state index in [0.717, 1.165) is 42.6 Å². The molecule has 0 saturated carbocycles. The highest BCUT2D eigenvalue weighted by atomic mass is 16.5. The number of nitrogens with zero attached hydrogens (tertiary/aromatic N) is 1. The van der Waals surface area contributed by atoms with Gasteiger partial charge in [-0.15, -0.1) is 0 Å². The Labute approximate surface area is 179 Å². The molecular weight excluding hydrogens is 372 g/mol.